The molecular weight excluding hydrogens is 264 g/mol. The van der Waals surface area contributed by atoms with Crippen LogP contribution in [0.15, 0.2) is 42.7 Å². The summed E-state index contributed by atoms with van der Waals surface area (Å²) in [6.07, 6.45) is 10.8. The van der Waals surface area contributed by atoms with Crippen molar-refractivity contribution in [2.75, 3.05) is 0 Å². The van der Waals surface area contributed by atoms with Crippen molar-refractivity contribution >= 4 is 16.3 Å². The average Bonchev–Trinajstić information content (AvgIpc) is 3.03. The summed E-state index contributed by atoms with van der Waals surface area (Å²) in [6, 6.07) is 10.4. The van der Waals surface area contributed by atoms with E-state index in [2.05, 4.69) is 48.0 Å². The Balaban J connectivity index is 1.73. The van der Waals surface area contributed by atoms with Crippen molar-refractivity contribution in [1.29, 1.82) is 0 Å². The standard InChI is InChI=1S/C17H20N2S/c1-2-3-4-8-11-15-12-19-13-16(18-17(19)20-15)14-9-6-5-7-10-14/h5-7,9-10,12-13H,2-4,8,11H2,1H3. The van der Waals surface area contributed by atoms with Crippen LogP contribution in [0.3, 0.4) is 0 Å². The van der Waals surface area contributed by atoms with Crippen LogP contribution < -0.4 is 0 Å². The van der Waals surface area contributed by atoms with Crippen LogP contribution >= 0.6 is 11.3 Å². The minimum absolute atomic E-state index is 1.06. The molecule has 3 aromatic rings. The molecule has 0 aliphatic heterocycles. The Kier molecular flexibility index (Phi) is 4.16. The molecule has 2 nitrogen and oxygen atoms in total. The summed E-state index contributed by atoms with van der Waals surface area (Å²) in [7, 11) is 0. The molecule has 104 valence electrons. The van der Waals surface area contributed by atoms with Crippen molar-refractivity contribution in [1.82, 2.24) is 9.38 Å². The van der Waals surface area contributed by atoms with Gasteiger partial charge in [-0.1, -0.05) is 56.5 Å². The quantitative estimate of drug-likeness (QED) is 0.570. The Morgan fingerprint density at radius 1 is 1.05 bits per heavy atom. The number of aryl methyl sites for hydroxylation is 1. The van der Waals surface area contributed by atoms with Gasteiger partial charge in [0, 0.05) is 22.8 Å². The molecule has 20 heavy (non-hydrogen) atoms. The van der Waals surface area contributed by atoms with E-state index in [-0.39, 0.29) is 0 Å². The van der Waals surface area contributed by atoms with Crippen molar-refractivity contribution in [2.45, 2.75) is 39.0 Å². The Labute approximate surface area is 124 Å². The number of rotatable bonds is 6. The van der Waals surface area contributed by atoms with Gasteiger partial charge in [0.15, 0.2) is 4.96 Å². The second-order valence-electron chi connectivity index (χ2n) is 5.19. The summed E-state index contributed by atoms with van der Waals surface area (Å²) in [6.45, 7) is 2.25. The number of hydrogen-bond acceptors (Lipinski definition) is 2. The van der Waals surface area contributed by atoms with E-state index in [4.69, 9.17) is 4.98 Å². The van der Waals surface area contributed by atoms with Crippen molar-refractivity contribution < 1.29 is 0 Å². The van der Waals surface area contributed by atoms with E-state index in [0.29, 0.717) is 0 Å². The monoisotopic (exact) mass is 284 g/mol. The predicted molar refractivity (Wildman–Crippen MR) is 86.4 cm³/mol. The van der Waals surface area contributed by atoms with Crippen LogP contribution in [0, 0.1) is 0 Å². The van der Waals surface area contributed by atoms with Gasteiger partial charge in [0.05, 0.1) is 5.69 Å². The van der Waals surface area contributed by atoms with Crippen LogP contribution in [-0.2, 0) is 6.42 Å². The molecule has 1 aromatic carbocycles. The third kappa shape index (κ3) is 2.93. The highest BCUT2D eigenvalue weighted by Gasteiger charge is 2.07. The molecule has 0 N–H and O–H groups in total. The van der Waals surface area contributed by atoms with Gasteiger partial charge in [-0.25, -0.2) is 4.98 Å². The molecule has 0 unspecified atom stereocenters. The van der Waals surface area contributed by atoms with Gasteiger partial charge in [-0.2, -0.15) is 0 Å². The van der Waals surface area contributed by atoms with Gasteiger partial charge in [-0.05, 0) is 12.8 Å². The summed E-state index contributed by atoms with van der Waals surface area (Å²) >= 11 is 1.82. The number of hydrogen-bond donors (Lipinski definition) is 0. The van der Waals surface area contributed by atoms with E-state index in [1.807, 2.05) is 17.4 Å². The maximum Gasteiger partial charge on any atom is 0.194 e. The van der Waals surface area contributed by atoms with Gasteiger partial charge in [0.2, 0.25) is 0 Å². The van der Waals surface area contributed by atoms with Crippen molar-refractivity contribution in [2.24, 2.45) is 0 Å². The first-order valence-electron chi connectivity index (χ1n) is 7.39. The Hall–Kier alpha value is -1.61. The van der Waals surface area contributed by atoms with Gasteiger partial charge in [-0.3, -0.25) is 4.40 Å². The second-order valence-corrected chi connectivity index (χ2v) is 6.28. The van der Waals surface area contributed by atoms with Crippen LogP contribution in [0.4, 0.5) is 0 Å². The highest BCUT2D eigenvalue weighted by atomic mass is 32.1. The Morgan fingerprint density at radius 2 is 1.90 bits per heavy atom. The molecule has 0 bridgehead atoms. The van der Waals surface area contributed by atoms with Crippen molar-refractivity contribution in [3.05, 3.63) is 47.6 Å². The average molecular weight is 284 g/mol. The molecular formula is C17H20N2S. The lowest BCUT2D eigenvalue weighted by atomic mass is 10.1. The Morgan fingerprint density at radius 3 is 2.65 bits per heavy atom. The van der Waals surface area contributed by atoms with E-state index < -0.39 is 0 Å². The number of fused-ring (bicyclic) bond motifs is 1. The SMILES string of the molecule is CCCCCCc1cn2cc(-c3ccccc3)nc2s1. The summed E-state index contributed by atoms with van der Waals surface area (Å²) < 4.78 is 2.17. The van der Waals surface area contributed by atoms with Gasteiger partial charge in [0.25, 0.3) is 0 Å². The zero-order valence-corrected chi connectivity index (χ0v) is 12.7. The smallest absolute Gasteiger partial charge is 0.194 e. The molecule has 3 rings (SSSR count). The molecule has 0 spiro atoms. The molecule has 0 fully saturated rings. The zero-order chi connectivity index (χ0) is 13.8. The van der Waals surface area contributed by atoms with E-state index in [1.165, 1.54) is 42.5 Å². The maximum atomic E-state index is 4.73. The number of benzene rings is 1. The molecule has 3 heteroatoms. The predicted octanol–water partition coefficient (Wildman–Crippen LogP) is 5.19. The van der Waals surface area contributed by atoms with Gasteiger partial charge >= 0.3 is 0 Å². The number of thiazole rings is 1. The molecule has 0 saturated heterocycles. The lowest BCUT2D eigenvalue weighted by Gasteiger charge is -1.96. The van der Waals surface area contributed by atoms with Crippen molar-refractivity contribution in [3.8, 4) is 11.3 Å². The fourth-order valence-electron chi connectivity index (χ4n) is 2.43. The van der Waals surface area contributed by atoms with Crippen LogP contribution in [0.1, 0.15) is 37.5 Å². The molecule has 2 heterocycles. The van der Waals surface area contributed by atoms with E-state index >= 15 is 0 Å². The summed E-state index contributed by atoms with van der Waals surface area (Å²) in [5.74, 6) is 0. The molecule has 0 radical (unpaired) electrons. The van der Waals surface area contributed by atoms with Crippen LogP contribution in [0.2, 0.25) is 0 Å². The highest BCUT2D eigenvalue weighted by molar-refractivity contribution is 7.17. The van der Waals surface area contributed by atoms with E-state index in [1.54, 1.807) is 0 Å². The van der Waals surface area contributed by atoms with Crippen LogP contribution in [0.25, 0.3) is 16.2 Å². The first-order valence-corrected chi connectivity index (χ1v) is 8.21. The van der Waals surface area contributed by atoms with Crippen LogP contribution in [-0.4, -0.2) is 9.38 Å². The third-order valence-corrected chi connectivity index (χ3v) is 4.61. The van der Waals surface area contributed by atoms with Crippen molar-refractivity contribution in [3.63, 3.8) is 0 Å². The first kappa shape index (κ1) is 13.4. The lowest BCUT2D eigenvalue weighted by Crippen LogP contribution is -1.82. The molecule has 0 atom stereocenters. The van der Waals surface area contributed by atoms with Gasteiger partial charge in [-0.15, -0.1) is 11.3 Å². The molecule has 0 amide bonds. The lowest BCUT2D eigenvalue weighted by molar-refractivity contribution is 0.669. The number of aromatic nitrogens is 2. The maximum absolute atomic E-state index is 4.73. The first-order chi connectivity index (χ1) is 9.86. The normalized spacial score (nSPS) is 11.2. The minimum atomic E-state index is 1.06. The summed E-state index contributed by atoms with van der Waals surface area (Å²) in [5.41, 5.74) is 2.25. The Bertz CT molecular complexity index is 635. The summed E-state index contributed by atoms with van der Waals surface area (Å²) in [5, 5.41) is 0. The van der Waals surface area contributed by atoms with Crippen LogP contribution in [0.5, 0.6) is 0 Å². The van der Waals surface area contributed by atoms with E-state index in [9.17, 15) is 0 Å². The van der Waals surface area contributed by atoms with E-state index in [0.717, 1.165) is 10.7 Å². The second kappa shape index (κ2) is 6.23. The molecule has 2 aromatic heterocycles. The molecule has 0 aliphatic rings. The number of unbranched alkanes of at least 4 members (excludes halogenated alkanes) is 3. The number of nitrogens with zero attached hydrogens (tertiary/aromatic N) is 2. The van der Waals surface area contributed by atoms with Gasteiger partial charge in [0.1, 0.15) is 0 Å². The molecule has 0 saturated carbocycles. The largest absolute Gasteiger partial charge is 0.297 e. The number of imidazole rings is 1. The zero-order valence-electron chi connectivity index (χ0n) is 11.9. The molecule has 0 aliphatic carbocycles. The topological polar surface area (TPSA) is 17.3 Å². The minimum Gasteiger partial charge on any atom is -0.297 e. The van der Waals surface area contributed by atoms with Gasteiger partial charge < -0.3 is 0 Å². The fraction of sp³-hybridized carbons (Fsp3) is 0.353. The highest BCUT2D eigenvalue weighted by Crippen LogP contribution is 2.24. The summed E-state index contributed by atoms with van der Waals surface area (Å²) in [4.78, 5) is 7.28. The third-order valence-electron chi connectivity index (χ3n) is 3.55. The fourth-order valence-corrected chi connectivity index (χ4v) is 3.43.